The Hall–Kier alpha value is -0.570. The Morgan fingerprint density at radius 1 is 1.07 bits per heavy atom. The number of rotatable bonds is 2. The molecule has 0 aromatic heterocycles. The smallest absolute Gasteiger partial charge is 0.323 e. The van der Waals surface area contributed by atoms with Crippen molar-refractivity contribution in [1.82, 2.24) is 5.32 Å². The van der Waals surface area contributed by atoms with Gasteiger partial charge >= 0.3 is 5.97 Å². The van der Waals surface area contributed by atoms with Gasteiger partial charge in [-0.1, -0.05) is 12.8 Å². The summed E-state index contributed by atoms with van der Waals surface area (Å²) in [5.41, 5.74) is 0. The highest BCUT2D eigenvalue weighted by Gasteiger charge is 2.26. The summed E-state index contributed by atoms with van der Waals surface area (Å²) in [6, 6.07) is -0.0295. The van der Waals surface area contributed by atoms with Crippen molar-refractivity contribution in [3.05, 3.63) is 0 Å². The number of esters is 1. The van der Waals surface area contributed by atoms with Crippen molar-refractivity contribution in [3.63, 3.8) is 0 Å². The Morgan fingerprint density at radius 3 is 2.64 bits per heavy atom. The molecule has 2 rings (SSSR count). The summed E-state index contributed by atoms with van der Waals surface area (Å²) in [6.45, 7) is 0.963. The van der Waals surface area contributed by atoms with E-state index >= 15 is 0 Å². The molecule has 0 amide bonds. The highest BCUT2D eigenvalue weighted by Crippen LogP contribution is 2.23. The van der Waals surface area contributed by atoms with Crippen LogP contribution in [0.15, 0.2) is 0 Å². The molecule has 0 aromatic carbocycles. The minimum Gasteiger partial charge on any atom is -0.461 e. The first-order valence-electron chi connectivity index (χ1n) is 5.80. The lowest BCUT2D eigenvalue weighted by Crippen LogP contribution is -2.40. The van der Waals surface area contributed by atoms with E-state index in [0.717, 1.165) is 32.2 Å². The Balaban J connectivity index is 1.76. The summed E-state index contributed by atoms with van der Waals surface area (Å²) in [5.74, 6) is -0.0170. The highest BCUT2D eigenvalue weighted by molar-refractivity contribution is 5.76. The van der Waals surface area contributed by atoms with Crippen LogP contribution in [0.4, 0.5) is 0 Å². The van der Waals surface area contributed by atoms with E-state index in [0.29, 0.717) is 0 Å². The fraction of sp³-hybridized carbons (Fsp3) is 0.909. The number of hydrogen-bond acceptors (Lipinski definition) is 3. The number of carbonyl (C=O) groups excluding carboxylic acids is 1. The summed E-state index contributed by atoms with van der Waals surface area (Å²) in [4.78, 5) is 11.7. The van der Waals surface area contributed by atoms with E-state index in [4.69, 9.17) is 4.74 Å². The van der Waals surface area contributed by atoms with Crippen LogP contribution < -0.4 is 5.32 Å². The molecule has 1 aliphatic heterocycles. The van der Waals surface area contributed by atoms with Gasteiger partial charge in [-0.15, -0.1) is 0 Å². The van der Waals surface area contributed by atoms with Gasteiger partial charge in [0.25, 0.3) is 0 Å². The summed E-state index contributed by atoms with van der Waals surface area (Å²) < 4.78 is 5.38. The van der Waals surface area contributed by atoms with Crippen molar-refractivity contribution in [3.8, 4) is 0 Å². The third kappa shape index (κ3) is 2.47. The minimum absolute atomic E-state index is 0.0170. The van der Waals surface area contributed by atoms with E-state index < -0.39 is 0 Å². The topological polar surface area (TPSA) is 38.3 Å². The van der Waals surface area contributed by atoms with Crippen molar-refractivity contribution < 1.29 is 9.53 Å². The SMILES string of the molecule is O=C(OC1CCC1)C1CCCCCN1. The van der Waals surface area contributed by atoms with Crippen LogP contribution in [0.25, 0.3) is 0 Å². The lowest BCUT2D eigenvalue weighted by molar-refractivity contribution is -0.155. The minimum atomic E-state index is -0.0295. The molecule has 0 aromatic rings. The van der Waals surface area contributed by atoms with Crippen LogP contribution in [-0.2, 0) is 9.53 Å². The lowest BCUT2D eigenvalue weighted by Gasteiger charge is -2.27. The van der Waals surface area contributed by atoms with Crippen molar-refractivity contribution in [2.45, 2.75) is 57.1 Å². The van der Waals surface area contributed by atoms with E-state index in [9.17, 15) is 4.79 Å². The molecule has 1 unspecified atom stereocenters. The average molecular weight is 197 g/mol. The lowest BCUT2D eigenvalue weighted by atomic mass is 9.96. The van der Waals surface area contributed by atoms with Crippen LogP contribution in [0.5, 0.6) is 0 Å². The highest BCUT2D eigenvalue weighted by atomic mass is 16.5. The van der Waals surface area contributed by atoms with Gasteiger partial charge in [-0.2, -0.15) is 0 Å². The summed E-state index contributed by atoms with van der Waals surface area (Å²) >= 11 is 0. The molecular formula is C11H19NO2. The molecule has 0 spiro atoms. The molecule has 1 aliphatic carbocycles. The summed E-state index contributed by atoms with van der Waals surface area (Å²) in [7, 11) is 0. The molecule has 1 saturated heterocycles. The molecule has 2 fully saturated rings. The first kappa shape index (κ1) is 9.97. The molecule has 14 heavy (non-hydrogen) atoms. The zero-order chi connectivity index (χ0) is 9.80. The van der Waals surface area contributed by atoms with Gasteiger partial charge in [0.05, 0.1) is 0 Å². The largest absolute Gasteiger partial charge is 0.461 e. The van der Waals surface area contributed by atoms with E-state index in [2.05, 4.69) is 5.32 Å². The van der Waals surface area contributed by atoms with E-state index in [1.165, 1.54) is 19.3 Å². The van der Waals surface area contributed by atoms with Gasteiger partial charge in [-0.3, -0.25) is 4.79 Å². The van der Waals surface area contributed by atoms with Crippen LogP contribution >= 0.6 is 0 Å². The molecule has 3 heteroatoms. The maximum Gasteiger partial charge on any atom is 0.323 e. The molecule has 1 atom stereocenters. The molecule has 1 heterocycles. The molecule has 1 N–H and O–H groups in total. The average Bonchev–Trinajstić information content (AvgIpc) is 2.38. The maximum atomic E-state index is 11.7. The maximum absolute atomic E-state index is 11.7. The van der Waals surface area contributed by atoms with Crippen molar-refractivity contribution in [2.24, 2.45) is 0 Å². The summed E-state index contributed by atoms with van der Waals surface area (Å²) in [5, 5.41) is 3.26. The van der Waals surface area contributed by atoms with Crippen molar-refractivity contribution >= 4 is 5.97 Å². The van der Waals surface area contributed by atoms with Gasteiger partial charge in [-0.25, -0.2) is 0 Å². The molecular weight excluding hydrogens is 178 g/mol. The quantitative estimate of drug-likeness (QED) is 0.683. The van der Waals surface area contributed by atoms with Crippen LogP contribution in [0.3, 0.4) is 0 Å². The second kappa shape index (κ2) is 4.78. The Labute approximate surface area is 85.2 Å². The zero-order valence-corrected chi connectivity index (χ0v) is 8.63. The Kier molecular flexibility index (Phi) is 3.40. The molecule has 0 bridgehead atoms. The Morgan fingerprint density at radius 2 is 1.93 bits per heavy atom. The molecule has 2 aliphatic rings. The standard InChI is InChI=1S/C11H19NO2/c13-11(14-9-5-4-6-9)10-7-2-1-3-8-12-10/h9-10,12H,1-8H2. The van der Waals surface area contributed by atoms with E-state index in [1.807, 2.05) is 0 Å². The van der Waals surface area contributed by atoms with Gasteiger partial charge in [0.2, 0.25) is 0 Å². The zero-order valence-electron chi connectivity index (χ0n) is 8.63. The number of nitrogens with one attached hydrogen (secondary N) is 1. The first-order valence-corrected chi connectivity index (χ1v) is 5.80. The summed E-state index contributed by atoms with van der Waals surface area (Å²) in [6.07, 6.45) is 8.11. The van der Waals surface area contributed by atoms with Crippen LogP contribution in [0, 0.1) is 0 Å². The van der Waals surface area contributed by atoms with Gasteiger partial charge < -0.3 is 10.1 Å². The fourth-order valence-corrected chi connectivity index (χ4v) is 1.96. The van der Waals surface area contributed by atoms with Crippen molar-refractivity contribution in [2.75, 3.05) is 6.54 Å². The van der Waals surface area contributed by atoms with Crippen LogP contribution in [0.1, 0.15) is 44.9 Å². The second-order valence-corrected chi connectivity index (χ2v) is 4.35. The molecule has 0 radical (unpaired) electrons. The van der Waals surface area contributed by atoms with Crippen LogP contribution in [-0.4, -0.2) is 24.7 Å². The number of carbonyl (C=O) groups is 1. The van der Waals surface area contributed by atoms with Gasteiger partial charge in [-0.05, 0) is 38.6 Å². The monoisotopic (exact) mass is 197 g/mol. The van der Waals surface area contributed by atoms with E-state index in [-0.39, 0.29) is 18.1 Å². The molecule has 3 nitrogen and oxygen atoms in total. The Bertz CT molecular complexity index is 193. The predicted molar refractivity (Wildman–Crippen MR) is 54.0 cm³/mol. The number of hydrogen-bond donors (Lipinski definition) is 1. The van der Waals surface area contributed by atoms with Crippen molar-refractivity contribution in [1.29, 1.82) is 0 Å². The van der Waals surface area contributed by atoms with Gasteiger partial charge in [0, 0.05) is 0 Å². The van der Waals surface area contributed by atoms with Gasteiger partial charge in [0.15, 0.2) is 0 Å². The third-order valence-electron chi connectivity index (χ3n) is 3.18. The third-order valence-corrected chi connectivity index (χ3v) is 3.18. The fourth-order valence-electron chi connectivity index (χ4n) is 1.96. The molecule has 1 saturated carbocycles. The first-order chi connectivity index (χ1) is 6.86. The normalized spacial score (nSPS) is 29.0. The van der Waals surface area contributed by atoms with Crippen LogP contribution in [0.2, 0.25) is 0 Å². The predicted octanol–water partition coefficient (Wildman–Crippen LogP) is 1.61. The second-order valence-electron chi connectivity index (χ2n) is 4.35. The number of ether oxygens (including phenoxy) is 1. The van der Waals surface area contributed by atoms with Gasteiger partial charge in [0.1, 0.15) is 12.1 Å². The molecule has 80 valence electrons. The van der Waals surface area contributed by atoms with E-state index in [1.54, 1.807) is 0 Å².